The molecule has 0 saturated carbocycles. The van der Waals surface area contributed by atoms with Gasteiger partial charge in [0.2, 0.25) is 5.65 Å². The third-order valence-electron chi connectivity index (χ3n) is 1.53. The number of fused-ring (bicyclic) bond motifs is 1. The summed E-state index contributed by atoms with van der Waals surface area (Å²) in [5.74, 6) is 0. The van der Waals surface area contributed by atoms with Gasteiger partial charge in [0, 0.05) is 7.05 Å². The Labute approximate surface area is 72.4 Å². The minimum absolute atomic E-state index is 0.137. The van der Waals surface area contributed by atoms with Crippen molar-refractivity contribution < 1.29 is 4.74 Å². The second-order valence-electron chi connectivity index (χ2n) is 2.44. The first-order valence-corrected chi connectivity index (χ1v) is 3.56. The lowest BCUT2D eigenvalue weighted by molar-refractivity contribution is 0.380. The Morgan fingerprint density at radius 3 is 2.92 bits per heavy atom. The molecule has 0 aliphatic carbocycles. The van der Waals surface area contributed by atoms with Gasteiger partial charge in [-0.05, 0) is 0 Å². The molecule has 0 unspecified atom stereocenters. The van der Waals surface area contributed by atoms with Gasteiger partial charge in [-0.1, -0.05) is 0 Å². The molecule has 0 amide bonds. The maximum absolute atomic E-state index is 11.3. The van der Waals surface area contributed by atoms with Gasteiger partial charge in [-0.25, -0.2) is 0 Å². The number of aromatic amines is 1. The lowest BCUT2D eigenvalue weighted by Gasteiger charge is -1.94. The third kappa shape index (κ3) is 1.13. The van der Waals surface area contributed by atoms with Crippen LogP contribution in [0, 0.1) is 0 Å². The van der Waals surface area contributed by atoms with E-state index >= 15 is 0 Å². The van der Waals surface area contributed by atoms with Crippen LogP contribution in [0.1, 0.15) is 0 Å². The molecule has 0 spiro atoms. The molecule has 68 valence electrons. The molecule has 0 aromatic carbocycles. The molecule has 13 heavy (non-hydrogen) atoms. The zero-order chi connectivity index (χ0) is 9.42. The molecule has 0 aliphatic rings. The summed E-state index contributed by atoms with van der Waals surface area (Å²) in [6, 6.07) is 0.137. The van der Waals surface area contributed by atoms with Gasteiger partial charge in [-0.2, -0.15) is 9.78 Å². The van der Waals surface area contributed by atoms with E-state index in [1.54, 1.807) is 7.05 Å². The van der Waals surface area contributed by atoms with E-state index in [-0.39, 0.29) is 22.7 Å². The predicted molar refractivity (Wildman–Crippen MR) is 43.5 cm³/mol. The Morgan fingerprint density at radius 2 is 2.23 bits per heavy atom. The SMILES string of the molecule is COc1nc2nn(C)nc2c(=O)[nH]1. The largest absolute Gasteiger partial charge is 0.468 e. The summed E-state index contributed by atoms with van der Waals surface area (Å²) in [7, 11) is 3.04. The normalized spacial score (nSPS) is 10.6. The molecule has 0 fully saturated rings. The van der Waals surface area contributed by atoms with Gasteiger partial charge in [0.1, 0.15) is 0 Å². The minimum atomic E-state index is -0.352. The summed E-state index contributed by atoms with van der Waals surface area (Å²) >= 11 is 0. The number of hydrogen-bond acceptors (Lipinski definition) is 5. The Morgan fingerprint density at radius 1 is 1.46 bits per heavy atom. The van der Waals surface area contributed by atoms with Crippen LogP contribution in [0.4, 0.5) is 0 Å². The highest BCUT2D eigenvalue weighted by molar-refractivity contribution is 5.67. The molecular formula is C6H7N5O2. The van der Waals surface area contributed by atoms with Crippen LogP contribution >= 0.6 is 0 Å². The number of nitrogens with one attached hydrogen (secondary N) is 1. The summed E-state index contributed by atoms with van der Waals surface area (Å²) in [4.78, 5) is 18.9. The van der Waals surface area contributed by atoms with E-state index in [1.165, 1.54) is 11.9 Å². The monoisotopic (exact) mass is 181 g/mol. The van der Waals surface area contributed by atoms with Crippen LogP contribution in [0.3, 0.4) is 0 Å². The molecule has 0 aliphatic heterocycles. The number of H-pyrrole nitrogens is 1. The van der Waals surface area contributed by atoms with E-state index in [1.807, 2.05) is 0 Å². The van der Waals surface area contributed by atoms with Crippen molar-refractivity contribution in [1.82, 2.24) is 25.0 Å². The quantitative estimate of drug-likeness (QED) is 0.613. The molecule has 2 aromatic rings. The van der Waals surface area contributed by atoms with Crippen molar-refractivity contribution in [3.05, 3.63) is 10.4 Å². The maximum Gasteiger partial charge on any atom is 0.298 e. The number of aromatic nitrogens is 5. The molecule has 2 rings (SSSR count). The Balaban J connectivity index is 2.83. The number of hydrogen-bond donors (Lipinski definition) is 1. The van der Waals surface area contributed by atoms with Crippen molar-refractivity contribution in [3.8, 4) is 6.01 Å². The summed E-state index contributed by atoms with van der Waals surface area (Å²) in [5, 5.41) is 7.71. The van der Waals surface area contributed by atoms with Crippen LogP contribution in [0.5, 0.6) is 6.01 Å². The van der Waals surface area contributed by atoms with E-state index in [9.17, 15) is 4.79 Å². The zero-order valence-corrected chi connectivity index (χ0v) is 7.11. The fourth-order valence-electron chi connectivity index (χ4n) is 0.996. The number of methoxy groups -OCH3 is 1. The zero-order valence-electron chi connectivity index (χ0n) is 7.11. The van der Waals surface area contributed by atoms with Gasteiger partial charge in [0.25, 0.3) is 11.6 Å². The van der Waals surface area contributed by atoms with Crippen molar-refractivity contribution >= 4 is 11.2 Å². The number of ether oxygens (including phenoxy) is 1. The highest BCUT2D eigenvalue weighted by Gasteiger charge is 2.08. The molecular weight excluding hydrogens is 174 g/mol. The lowest BCUT2D eigenvalue weighted by Crippen LogP contribution is -2.09. The van der Waals surface area contributed by atoms with Crippen molar-refractivity contribution in [2.24, 2.45) is 7.05 Å². The molecule has 0 saturated heterocycles. The summed E-state index contributed by atoms with van der Waals surface area (Å²) in [5.41, 5.74) is 0.140. The second-order valence-corrected chi connectivity index (χ2v) is 2.44. The molecule has 2 aromatic heterocycles. The molecule has 1 N–H and O–H groups in total. The molecule has 2 heterocycles. The van der Waals surface area contributed by atoms with E-state index in [0.717, 1.165) is 0 Å². The van der Waals surface area contributed by atoms with E-state index < -0.39 is 0 Å². The van der Waals surface area contributed by atoms with Gasteiger partial charge in [0.15, 0.2) is 5.52 Å². The van der Waals surface area contributed by atoms with Crippen LogP contribution in [0.2, 0.25) is 0 Å². The first-order chi connectivity index (χ1) is 6.20. The molecule has 7 nitrogen and oxygen atoms in total. The predicted octanol–water partition coefficient (Wildman–Crippen LogP) is -0.940. The summed E-state index contributed by atoms with van der Waals surface area (Å²) < 4.78 is 4.77. The minimum Gasteiger partial charge on any atom is -0.468 e. The second kappa shape index (κ2) is 2.54. The topological polar surface area (TPSA) is 85.7 Å². The molecule has 0 radical (unpaired) electrons. The molecule has 0 atom stereocenters. The van der Waals surface area contributed by atoms with Crippen LogP contribution < -0.4 is 10.3 Å². The fraction of sp³-hybridized carbons (Fsp3) is 0.333. The molecule has 0 bridgehead atoms. The van der Waals surface area contributed by atoms with Crippen molar-refractivity contribution in [3.63, 3.8) is 0 Å². The number of rotatable bonds is 1. The van der Waals surface area contributed by atoms with Gasteiger partial charge in [0.05, 0.1) is 7.11 Å². The van der Waals surface area contributed by atoms with E-state index in [4.69, 9.17) is 4.74 Å². The third-order valence-corrected chi connectivity index (χ3v) is 1.53. The van der Waals surface area contributed by atoms with Crippen LogP contribution in [-0.2, 0) is 7.05 Å². The lowest BCUT2D eigenvalue weighted by atomic mass is 10.5. The maximum atomic E-state index is 11.3. The summed E-state index contributed by atoms with van der Waals surface area (Å²) in [6.45, 7) is 0. The highest BCUT2D eigenvalue weighted by atomic mass is 16.5. The Bertz CT molecular complexity index is 499. The number of aryl methyl sites for hydroxylation is 1. The first kappa shape index (κ1) is 7.71. The smallest absolute Gasteiger partial charge is 0.298 e. The standard InChI is InChI=1S/C6H7N5O2/c1-11-9-3-4(10-11)7-6(13-2)8-5(3)12/h1-2H3,(H,7,8,10,12). The average Bonchev–Trinajstić information content (AvgIpc) is 2.46. The van der Waals surface area contributed by atoms with Crippen LogP contribution in [0.25, 0.3) is 11.2 Å². The van der Waals surface area contributed by atoms with Crippen molar-refractivity contribution in [2.75, 3.05) is 7.11 Å². The van der Waals surface area contributed by atoms with Gasteiger partial charge in [-0.15, -0.1) is 10.2 Å². The first-order valence-electron chi connectivity index (χ1n) is 3.56. The van der Waals surface area contributed by atoms with E-state index in [2.05, 4.69) is 20.2 Å². The number of nitrogens with zero attached hydrogens (tertiary/aromatic N) is 4. The van der Waals surface area contributed by atoms with Crippen LogP contribution in [-0.4, -0.2) is 32.1 Å². The van der Waals surface area contributed by atoms with Crippen molar-refractivity contribution in [2.45, 2.75) is 0 Å². The summed E-state index contributed by atoms with van der Waals surface area (Å²) in [6.07, 6.45) is 0. The highest BCUT2D eigenvalue weighted by Crippen LogP contribution is 2.02. The Kier molecular flexibility index (Phi) is 1.51. The van der Waals surface area contributed by atoms with E-state index in [0.29, 0.717) is 0 Å². The van der Waals surface area contributed by atoms with Crippen LogP contribution in [0.15, 0.2) is 4.79 Å². The van der Waals surface area contributed by atoms with Gasteiger partial charge >= 0.3 is 0 Å². The molecule has 7 heteroatoms. The fourth-order valence-corrected chi connectivity index (χ4v) is 0.996. The van der Waals surface area contributed by atoms with Gasteiger partial charge in [-0.3, -0.25) is 9.78 Å². The average molecular weight is 181 g/mol. The van der Waals surface area contributed by atoms with Gasteiger partial charge < -0.3 is 4.74 Å². The van der Waals surface area contributed by atoms with Crippen molar-refractivity contribution in [1.29, 1.82) is 0 Å². The Hall–Kier alpha value is -1.92.